The van der Waals surface area contributed by atoms with Crippen molar-refractivity contribution in [2.75, 3.05) is 20.8 Å². The van der Waals surface area contributed by atoms with Crippen LogP contribution in [0.3, 0.4) is 0 Å². The van der Waals surface area contributed by atoms with Gasteiger partial charge in [0.1, 0.15) is 0 Å². The van der Waals surface area contributed by atoms with Gasteiger partial charge in [0.15, 0.2) is 0 Å². The normalized spacial score (nSPS) is 15.0. The molecule has 20 heavy (non-hydrogen) atoms. The van der Waals surface area contributed by atoms with Crippen LogP contribution in [0.5, 0.6) is 0 Å². The molecule has 1 aromatic carbocycles. The van der Waals surface area contributed by atoms with Crippen molar-refractivity contribution in [1.29, 1.82) is 0 Å². The Balaban J connectivity index is 2.87. The van der Waals surface area contributed by atoms with E-state index >= 15 is 0 Å². The lowest BCUT2D eigenvalue weighted by atomic mass is 10.1. The SMILES string of the molecule is CNC(C)c1cccc(S(=O)(=O)NC(C)CCOC)c1. The second kappa shape index (κ2) is 7.73. The van der Waals surface area contributed by atoms with Crippen molar-refractivity contribution < 1.29 is 13.2 Å². The van der Waals surface area contributed by atoms with E-state index in [4.69, 9.17) is 4.74 Å². The summed E-state index contributed by atoms with van der Waals surface area (Å²) in [4.78, 5) is 0.293. The van der Waals surface area contributed by atoms with E-state index in [1.165, 1.54) is 0 Å². The highest BCUT2D eigenvalue weighted by molar-refractivity contribution is 7.89. The fourth-order valence-electron chi connectivity index (χ4n) is 1.80. The maximum absolute atomic E-state index is 12.3. The van der Waals surface area contributed by atoms with Gasteiger partial charge in [-0.3, -0.25) is 0 Å². The minimum Gasteiger partial charge on any atom is -0.385 e. The van der Waals surface area contributed by atoms with Crippen molar-refractivity contribution in [2.24, 2.45) is 0 Å². The van der Waals surface area contributed by atoms with Crippen LogP contribution in [0.25, 0.3) is 0 Å². The Morgan fingerprint density at radius 1 is 1.30 bits per heavy atom. The molecule has 0 aliphatic heterocycles. The molecule has 114 valence electrons. The molecule has 0 radical (unpaired) electrons. The predicted octanol–water partition coefficient (Wildman–Crippen LogP) is 1.67. The van der Waals surface area contributed by atoms with Crippen LogP contribution in [0.4, 0.5) is 0 Å². The molecule has 2 unspecified atom stereocenters. The summed E-state index contributed by atoms with van der Waals surface area (Å²) in [6.45, 7) is 4.34. The first-order chi connectivity index (χ1) is 9.40. The Hall–Kier alpha value is -0.950. The maximum Gasteiger partial charge on any atom is 0.240 e. The van der Waals surface area contributed by atoms with E-state index in [9.17, 15) is 8.42 Å². The highest BCUT2D eigenvalue weighted by Gasteiger charge is 2.18. The van der Waals surface area contributed by atoms with Gasteiger partial charge in [-0.2, -0.15) is 0 Å². The summed E-state index contributed by atoms with van der Waals surface area (Å²) >= 11 is 0. The first-order valence-electron chi connectivity index (χ1n) is 6.69. The zero-order valence-electron chi connectivity index (χ0n) is 12.5. The third-order valence-electron chi connectivity index (χ3n) is 3.21. The topological polar surface area (TPSA) is 67.4 Å². The van der Waals surface area contributed by atoms with Gasteiger partial charge in [0.2, 0.25) is 10.0 Å². The molecule has 2 N–H and O–H groups in total. The summed E-state index contributed by atoms with van der Waals surface area (Å²) in [7, 11) is -0.0423. The van der Waals surface area contributed by atoms with Crippen molar-refractivity contribution in [3.05, 3.63) is 29.8 Å². The van der Waals surface area contributed by atoms with E-state index in [2.05, 4.69) is 10.0 Å². The quantitative estimate of drug-likeness (QED) is 0.766. The van der Waals surface area contributed by atoms with Crippen LogP contribution in [-0.4, -0.2) is 35.2 Å². The molecule has 1 rings (SSSR count). The highest BCUT2D eigenvalue weighted by Crippen LogP contribution is 2.17. The van der Waals surface area contributed by atoms with Gasteiger partial charge < -0.3 is 10.1 Å². The van der Waals surface area contributed by atoms with E-state index < -0.39 is 10.0 Å². The van der Waals surface area contributed by atoms with Gasteiger partial charge in [-0.1, -0.05) is 12.1 Å². The van der Waals surface area contributed by atoms with Gasteiger partial charge in [-0.15, -0.1) is 0 Å². The van der Waals surface area contributed by atoms with Crippen LogP contribution < -0.4 is 10.0 Å². The number of ether oxygens (including phenoxy) is 1. The Kier molecular flexibility index (Phi) is 6.61. The van der Waals surface area contributed by atoms with Gasteiger partial charge in [0, 0.05) is 25.8 Å². The molecule has 0 aromatic heterocycles. The lowest BCUT2D eigenvalue weighted by Crippen LogP contribution is -2.33. The van der Waals surface area contributed by atoms with Crippen LogP contribution >= 0.6 is 0 Å². The number of nitrogens with one attached hydrogen (secondary N) is 2. The largest absolute Gasteiger partial charge is 0.385 e. The minimum atomic E-state index is -3.49. The van der Waals surface area contributed by atoms with Crippen molar-refractivity contribution in [3.8, 4) is 0 Å². The van der Waals surface area contributed by atoms with E-state index in [-0.39, 0.29) is 12.1 Å². The van der Waals surface area contributed by atoms with Gasteiger partial charge in [-0.05, 0) is 45.0 Å². The second-order valence-electron chi connectivity index (χ2n) is 4.89. The Morgan fingerprint density at radius 3 is 2.60 bits per heavy atom. The van der Waals surface area contributed by atoms with Crippen LogP contribution in [-0.2, 0) is 14.8 Å². The van der Waals surface area contributed by atoms with Gasteiger partial charge in [-0.25, -0.2) is 13.1 Å². The summed E-state index contributed by atoms with van der Waals surface area (Å²) in [6, 6.07) is 6.93. The molecular weight excluding hydrogens is 276 g/mol. The minimum absolute atomic E-state index is 0.107. The lowest BCUT2D eigenvalue weighted by molar-refractivity contribution is 0.188. The fourth-order valence-corrected chi connectivity index (χ4v) is 3.14. The fraction of sp³-hybridized carbons (Fsp3) is 0.571. The zero-order valence-corrected chi connectivity index (χ0v) is 13.3. The van der Waals surface area contributed by atoms with Crippen LogP contribution in [0, 0.1) is 0 Å². The number of sulfonamides is 1. The van der Waals surface area contributed by atoms with Gasteiger partial charge in [0.25, 0.3) is 0 Å². The van der Waals surface area contributed by atoms with Crippen molar-refractivity contribution in [1.82, 2.24) is 10.0 Å². The summed E-state index contributed by atoms with van der Waals surface area (Å²) in [6.07, 6.45) is 0.641. The molecule has 0 saturated heterocycles. The Bertz CT molecular complexity index is 517. The van der Waals surface area contributed by atoms with Crippen molar-refractivity contribution in [2.45, 2.75) is 37.2 Å². The molecule has 6 heteroatoms. The lowest BCUT2D eigenvalue weighted by Gasteiger charge is -2.16. The maximum atomic E-state index is 12.3. The molecule has 1 aromatic rings. The van der Waals surface area contributed by atoms with Gasteiger partial charge >= 0.3 is 0 Å². The monoisotopic (exact) mass is 300 g/mol. The molecular formula is C14H24N2O3S. The summed E-state index contributed by atoms with van der Waals surface area (Å²) in [5, 5.41) is 3.10. The average molecular weight is 300 g/mol. The first-order valence-corrected chi connectivity index (χ1v) is 8.17. The third kappa shape index (κ3) is 4.86. The van der Waals surface area contributed by atoms with Crippen molar-refractivity contribution in [3.63, 3.8) is 0 Å². The summed E-state index contributed by atoms with van der Waals surface area (Å²) < 4.78 is 32.2. The van der Waals surface area contributed by atoms with Crippen LogP contribution in [0.1, 0.15) is 31.9 Å². The van der Waals surface area contributed by atoms with Crippen LogP contribution in [0.15, 0.2) is 29.2 Å². The second-order valence-corrected chi connectivity index (χ2v) is 6.60. The van der Waals surface area contributed by atoms with Crippen LogP contribution in [0.2, 0.25) is 0 Å². The van der Waals surface area contributed by atoms with E-state index in [1.807, 2.05) is 27.0 Å². The summed E-state index contributed by atoms with van der Waals surface area (Å²) in [5.74, 6) is 0. The zero-order chi connectivity index (χ0) is 15.2. The standard InChI is InChI=1S/C14H24N2O3S/c1-11(8-9-19-4)16-20(17,18)14-7-5-6-13(10-14)12(2)15-3/h5-7,10-12,15-16H,8-9H2,1-4H3. The van der Waals surface area contributed by atoms with Gasteiger partial charge in [0.05, 0.1) is 4.90 Å². The molecule has 0 saturated carbocycles. The molecule has 5 nitrogen and oxygen atoms in total. The highest BCUT2D eigenvalue weighted by atomic mass is 32.2. The molecule has 0 amide bonds. The van der Waals surface area contributed by atoms with E-state index in [0.29, 0.717) is 17.9 Å². The molecule has 0 heterocycles. The third-order valence-corrected chi connectivity index (χ3v) is 4.80. The average Bonchev–Trinajstić information content (AvgIpc) is 2.44. The number of rotatable bonds is 8. The number of benzene rings is 1. The number of hydrogen-bond acceptors (Lipinski definition) is 4. The first kappa shape index (κ1) is 17.1. The Morgan fingerprint density at radius 2 is 2.00 bits per heavy atom. The number of methoxy groups -OCH3 is 1. The summed E-state index contributed by atoms with van der Waals surface area (Å²) in [5.41, 5.74) is 0.944. The molecule has 0 aliphatic rings. The molecule has 0 aliphatic carbocycles. The molecule has 2 atom stereocenters. The van der Waals surface area contributed by atoms with E-state index in [0.717, 1.165) is 5.56 Å². The molecule has 0 spiro atoms. The van der Waals surface area contributed by atoms with Crippen molar-refractivity contribution >= 4 is 10.0 Å². The predicted molar refractivity (Wildman–Crippen MR) is 80.2 cm³/mol. The molecule has 0 bridgehead atoms. The van der Waals surface area contributed by atoms with E-state index in [1.54, 1.807) is 25.3 Å². The molecule has 0 fully saturated rings. The smallest absolute Gasteiger partial charge is 0.240 e. The Labute approximate surface area is 121 Å². The number of hydrogen-bond donors (Lipinski definition) is 2.